The van der Waals surface area contributed by atoms with Crippen LogP contribution in [0.3, 0.4) is 0 Å². The zero-order chi connectivity index (χ0) is 28.9. The Morgan fingerprint density at radius 2 is 1.76 bits per heavy atom. The van der Waals surface area contributed by atoms with Crippen molar-refractivity contribution in [3.05, 3.63) is 107 Å². The van der Waals surface area contributed by atoms with Gasteiger partial charge >= 0.3 is 5.97 Å². The average Bonchev–Trinajstić information content (AvgIpc) is 3.35. The minimum absolute atomic E-state index is 0.0304. The van der Waals surface area contributed by atoms with Crippen LogP contribution in [0.4, 0.5) is 0 Å². The van der Waals surface area contributed by atoms with Gasteiger partial charge in [-0.15, -0.1) is 0 Å². The number of halogens is 1. The van der Waals surface area contributed by atoms with Crippen LogP contribution < -0.4 is 5.32 Å². The fraction of sp³-hybridized carbons (Fsp3) is 0.212. The second-order valence-electron chi connectivity index (χ2n) is 10.1. The first-order valence-electron chi connectivity index (χ1n) is 13.6. The van der Waals surface area contributed by atoms with Gasteiger partial charge in [0, 0.05) is 33.8 Å². The third-order valence-corrected chi connectivity index (χ3v) is 7.42. The molecular weight excluding hydrogens is 538 g/mol. The quantitative estimate of drug-likeness (QED) is 0.169. The Balaban J connectivity index is 1.46. The van der Waals surface area contributed by atoms with Crippen LogP contribution in [0, 0.1) is 5.92 Å². The molecule has 1 unspecified atom stereocenters. The molecule has 2 aromatic heterocycles. The number of carbonyl (C=O) groups excluding carboxylic acids is 2. The molecular formula is C33H30ClN3O4. The maximum Gasteiger partial charge on any atom is 0.305 e. The Bertz CT molecular complexity index is 1740. The number of amides is 1. The molecule has 8 heteroatoms. The Morgan fingerprint density at radius 3 is 2.51 bits per heavy atom. The van der Waals surface area contributed by atoms with Gasteiger partial charge in [0.15, 0.2) is 5.78 Å². The van der Waals surface area contributed by atoms with E-state index in [-0.39, 0.29) is 30.6 Å². The lowest BCUT2D eigenvalue weighted by molar-refractivity contribution is -0.136. The molecule has 0 bridgehead atoms. The third-order valence-electron chi connectivity index (χ3n) is 7.18. The number of hydrogen-bond donors (Lipinski definition) is 2. The molecule has 1 atom stereocenters. The van der Waals surface area contributed by atoms with Crippen LogP contribution in [0.2, 0.25) is 5.02 Å². The number of fused-ring (bicyclic) bond motifs is 2. The fourth-order valence-electron chi connectivity index (χ4n) is 5.17. The SMILES string of the molecule is CCCC(Cc1ccc(C(=O)NCCC(=O)O)cc1)C(=O)c1cc2cc(Cl)ccc2n1-c1cnc2ccccc2c1. The summed E-state index contributed by atoms with van der Waals surface area (Å²) in [4.78, 5) is 41.9. The van der Waals surface area contributed by atoms with Crippen molar-refractivity contribution in [1.82, 2.24) is 14.9 Å². The van der Waals surface area contributed by atoms with Gasteiger partial charge in [0.25, 0.3) is 5.91 Å². The molecule has 0 saturated heterocycles. The summed E-state index contributed by atoms with van der Waals surface area (Å²) in [6, 6.07) is 24.6. The summed E-state index contributed by atoms with van der Waals surface area (Å²) in [5.74, 6) is -1.54. The molecule has 0 aliphatic rings. The highest BCUT2D eigenvalue weighted by Crippen LogP contribution is 2.31. The summed E-state index contributed by atoms with van der Waals surface area (Å²) in [7, 11) is 0. The van der Waals surface area contributed by atoms with Gasteiger partial charge in [-0.3, -0.25) is 19.4 Å². The van der Waals surface area contributed by atoms with E-state index in [1.807, 2.05) is 71.3 Å². The molecule has 5 aromatic rings. The highest BCUT2D eigenvalue weighted by atomic mass is 35.5. The van der Waals surface area contributed by atoms with E-state index in [1.54, 1.807) is 18.3 Å². The number of para-hydroxylation sites is 1. The number of ketones is 1. The van der Waals surface area contributed by atoms with Crippen molar-refractivity contribution in [2.75, 3.05) is 6.54 Å². The maximum absolute atomic E-state index is 14.2. The van der Waals surface area contributed by atoms with E-state index >= 15 is 0 Å². The fourth-order valence-corrected chi connectivity index (χ4v) is 5.35. The second-order valence-corrected chi connectivity index (χ2v) is 10.5. The van der Waals surface area contributed by atoms with Gasteiger partial charge in [0.05, 0.1) is 35.0 Å². The lowest BCUT2D eigenvalue weighted by Crippen LogP contribution is -2.26. The molecule has 0 spiro atoms. The van der Waals surface area contributed by atoms with E-state index in [0.29, 0.717) is 29.1 Å². The van der Waals surface area contributed by atoms with Crippen molar-refractivity contribution < 1.29 is 19.5 Å². The molecule has 208 valence electrons. The first-order valence-corrected chi connectivity index (χ1v) is 14.0. The van der Waals surface area contributed by atoms with Crippen LogP contribution in [0.5, 0.6) is 0 Å². The number of carboxylic acid groups (broad SMARTS) is 1. The molecule has 2 N–H and O–H groups in total. The monoisotopic (exact) mass is 567 g/mol. The minimum Gasteiger partial charge on any atom is -0.481 e. The molecule has 0 aliphatic carbocycles. The second kappa shape index (κ2) is 12.4. The number of aliphatic carboxylic acids is 1. The van der Waals surface area contributed by atoms with Crippen LogP contribution >= 0.6 is 11.6 Å². The molecule has 41 heavy (non-hydrogen) atoms. The standard InChI is InChI=1S/C33H30ClN3O4/c1-2-5-24(16-21-8-10-22(11-9-21)33(41)35-15-14-31(38)39)32(40)30-19-25-17-26(34)12-13-29(25)37(30)27-18-23-6-3-4-7-28(23)36-20-27/h3-4,6-13,17-20,24H,2,5,14-16H2,1H3,(H,35,41)(H,38,39). The Kier molecular flexibility index (Phi) is 8.45. The molecule has 0 fully saturated rings. The summed E-state index contributed by atoms with van der Waals surface area (Å²) in [6.07, 6.45) is 3.72. The van der Waals surface area contributed by atoms with Crippen molar-refractivity contribution in [2.24, 2.45) is 5.92 Å². The highest BCUT2D eigenvalue weighted by Gasteiger charge is 2.25. The first kappa shape index (κ1) is 28.1. The molecule has 0 radical (unpaired) electrons. The van der Waals surface area contributed by atoms with Gasteiger partial charge in [-0.1, -0.05) is 55.3 Å². The number of Topliss-reactive ketones (excluding diaryl/α,β-unsaturated/α-hetero) is 1. The number of aromatic nitrogens is 2. The summed E-state index contributed by atoms with van der Waals surface area (Å²) < 4.78 is 1.97. The molecule has 1 amide bonds. The van der Waals surface area contributed by atoms with Crippen molar-refractivity contribution in [3.63, 3.8) is 0 Å². The van der Waals surface area contributed by atoms with Crippen molar-refractivity contribution in [1.29, 1.82) is 0 Å². The maximum atomic E-state index is 14.2. The summed E-state index contributed by atoms with van der Waals surface area (Å²) >= 11 is 6.32. The predicted molar refractivity (Wildman–Crippen MR) is 161 cm³/mol. The lowest BCUT2D eigenvalue weighted by atomic mass is 9.89. The normalized spacial score (nSPS) is 12.0. The Labute approximate surface area is 242 Å². The van der Waals surface area contributed by atoms with Crippen LogP contribution in [0.25, 0.3) is 27.5 Å². The average molecular weight is 568 g/mol. The number of nitrogens with zero attached hydrogens (tertiary/aromatic N) is 2. The van der Waals surface area contributed by atoms with Gasteiger partial charge in [0.1, 0.15) is 0 Å². The summed E-state index contributed by atoms with van der Waals surface area (Å²) in [6.45, 7) is 2.13. The number of rotatable bonds is 11. The van der Waals surface area contributed by atoms with E-state index in [4.69, 9.17) is 16.7 Å². The van der Waals surface area contributed by atoms with Gasteiger partial charge in [0.2, 0.25) is 0 Å². The first-order chi connectivity index (χ1) is 19.8. The summed E-state index contributed by atoms with van der Waals surface area (Å²) in [5, 5.41) is 13.8. The van der Waals surface area contributed by atoms with Crippen molar-refractivity contribution >= 4 is 51.1 Å². The predicted octanol–water partition coefficient (Wildman–Crippen LogP) is 6.88. The van der Waals surface area contributed by atoms with E-state index in [9.17, 15) is 14.4 Å². The topological polar surface area (TPSA) is 101 Å². The zero-order valence-electron chi connectivity index (χ0n) is 22.6. The van der Waals surface area contributed by atoms with E-state index in [0.717, 1.165) is 39.5 Å². The molecule has 5 rings (SSSR count). The molecule has 2 heterocycles. The molecule has 0 saturated carbocycles. The largest absolute Gasteiger partial charge is 0.481 e. The van der Waals surface area contributed by atoms with Crippen LogP contribution in [-0.4, -0.2) is 38.9 Å². The van der Waals surface area contributed by atoms with Crippen molar-refractivity contribution in [2.45, 2.75) is 32.6 Å². The molecule has 3 aromatic carbocycles. The van der Waals surface area contributed by atoms with Gasteiger partial charge in [-0.05, 0) is 66.9 Å². The number of nitrogens with one attached hydrogen (secondary N) is 1. The molecule has 7 nitrogen and oxygen atoms in total. The number of carbonyl (C=O) groups is 3. The number of hydrogen-bond acceptors (Lipinski definition) is 4. The van der Waals surface area contributed by atoms with Crippen molar-refractivity contribution in [3.8, 4) is 5.69 Å². The Hall–Kier alpha value is -4.49. The Morgan fingerprint density at radius 1 is 0.976 bits per heavy atom. The van der Waals surface area contributed by atoms with E-state index in [2.05, 4.69) is 17.2 Å². The zero-order valence-corrected chi connectivity index (χ0v) is 23.4. The lowest BCUT2D eigenvalue weighted by Gasteiger charge is -2.18. The minimum atomic E-state index is -0.966. The van der Waals surface area contributed by atoms with Gasteiger partial charge in [-0.25, -0.2) is 0 Å². The highest BCUT2D eigenvalue weighted by molar-refractivity contribution is 6.31. The number of pyridine rings is 1. The van der Waals surface area contributed by atoms with Crippen LogP contribution in [-0.2, 0) is 11.2 Å². The van der Waals surface area contributed by atoms with E-state index in [1.165, 1.54) is 0 Å². The third kappa shape index (κ3) is 6.31. The van der Waals surface area contributed by atoms with Crippen LogP contribution in [0.15, 0.2) is 85.1 Å². The smallest absolute Gasteiger partial charge is 0.305 e. The van der Waals surface area contributed by atoms with Gasteiger partial charge in [-0.2, -0.15) is 0 Å². The van der Waals surface area contributed by atoms with E-state index < -0.39 is 5.97 Å². The molecule has 0 aliphatic heterocycles. The van der Waals surface area contributed by atoms with Crippen LogP contribution in [0.1, 0.15) is 52.6 Å². The number of carboxylic acids is 1. The number of benzene rings is 3. The summed E-state index contributed by atoms with van der Waals surface area (Å²) in [5.41, 5.74) is 4.52. The van der Waals surface area contributed by atoms with Gasteiger partial charge < -0.3 is 15.0 Å².